The average Bonchev–Trinajstić information content (AvgIpc) is 3.24. The molecule has 1 saturated carbocycles. The van der Waals surface area contributed by atoms with Crippen molar-refractivity contribution in [1.29, 1.82) is 0 Å². The van der Waals surface area contributed by atoms with Crippen LogP contribution >= 0.6 is 0 Å². The van der Waals surface area contributed by atoms with Gasteiger partial charge in [-0.2, -0.15) is 5.10 Å². The first-order valence-electron chi connectivity index (χ1n) is 8.35. The van der Waals surface area contributed by atoms with Crippen molar-refractivity contribution < 1.29 is 4.74 Å². The Bertz CT molecular complexity index is 453. The molecule has 124 valence electrons. The third-order valence-electron chi connectivity index (χ3n) is 3.58. The lowest BCUT2D eigenvalue weighted by atomic mass is 10.2. The van der Waals surface area contributed by atoms with Gasteiger partial charge in [0.05, 0.1) is 6.20 Å². The minimum atomic E-state index is 0.799. The second kappa shape index (κ2) is 9.46. The minimum Gasteiger partial charge on any atom is -0.381 e. The molecule has 1 aromatic rings. The van der Waals surface area contributed by atoms with Crippen molar-refractivity contribution in [2.24, 2.45) is 18.0 Å². The summed E-state index contributed by atoms with van der Waals surface area (Å²) >= 11 is 0. The fourth-order valence-corrected chi connectivity index (χ4v) is 2.16. The molecule has 22 heavy (non-hydrogen) atoms. The molecule has 1 aromatic heterocycles. The number of nitrogens with zero attached hydrogens (tertiary/aromatic N) is 3. The molecule has 1 fully saturated rings. The minimum absolute atomic E-state index is 0.799. The molecule has 0 atom stereocenters. The number of aromatic nitrogens is 2. The quantitative estimate of drug-likeness (QED) is 0.389. The Morgan fingerprint density at radius 2 is 2.32 bits per heavy atom. The summed E-state index contributed by atoms with van der Waals surface area (Å²) in [6.07, 6.45) is 8.58. The number of nitrogens with one attached hydrogen (secondary N) is 2. The van der Waals surface area contributed by atoms with E-state index in [0.29, 0.717) is 0 Å². The van der Waals surface area contributed by atoms with Crippen molar-refractivity contribution in [3.8, 4) is 0 Å². The summed E-state index contributed by atoms with van der Waals surface area (Å²) in [5, 5.41) is 10.8. The van der Waals surface area contributed by atoms with Crippen molar-refractivity contribution in [3.05, 3.63) is 18.0 Å². The summed E-state index contributed by atoms with van der Waals surface area (Å²) in [7, 11) is 1.94. The van der Waals surface area contributed by atoms with E-state index in [1.807, 2.05) is 24.1 Å². The smallest absolute Gasteiger partial charge is 0.191 e. The number of rotatable bonds is 10. The topological polar surface area (TPSA) is 63.5 Å². The Morgan fingerprint density at radius 3 is 3.00 bits per heavy atom. The Labute approximate surface area is 133 Å². The largest absolute Gasteiger partial charge is 0.381 e. The van der Waals surface area contributed by atoms with Crippen LogP contribution in [0.1, 0.15) is 31.7 Å². The van der Waals surface area contributed by atoms with Crippen LogP contribution in [0.15, 0.2) is 17.4 Å². The lowest BCUT2D eigenvalue weighted by Crippen LogP contribution is -2.38. The molecule has 0 spiro atoms. The van der Waals surface area contributed by atoms with Crippen LogP contribution in [-0.4, -0.2) is 48.6 Å². The van der Waals surface area contributed by atoms with Gasteiger partial charge in [-0.3, -0.25) is 9.67 Å². The maximum Gasteiger partial charge on any atom is 0.191 e. The van der Waals surface area contributed by atoms with Crippen molar-refractivity contribution >= 4 is 5.96 Å². The molecule has 2 rings (SSSR count). The molecule has 0 unspecified atom stereocenters. The van der Waals surface area contributed by atoms with Gasteiger partial charge in [-0.15, -0.1) is 0 Å². The van der Waals surface area contributed by atoms with E-state index in [9.17, 15) is 0 Å². The number of guanidine groups is 1. The van der Waals surface area contributed by atoms with Crippen molar-refractivity contribution in [1.82, 2.24) is 20.4 Å². The van der Waals surface area contributed by atoms with E-state index in [1.54, 1.807) is 0 Å². The van der Waals surface area contributed by atoms with Crippen LogP contribution in [0.2, 0.25) is 0 Å². The van der Waals surface area contributed by atoms with E-state index >= 15 is 0 Å². The molecule has 0 radical (unpaired) electrons. The molecule has 1 aliphatic carbocycles. The molecule has 0 aliphatic heterocycles. The fraction of sp³-hybridized carbons (Fsp3) is 0.750. The molecule has 2 N–H and O–H groups in total. The Balaban J connectivity index is 1.58. The van der Waals surface area contributed by atoms with Gasteiger partial charge in [0.1, 0.15) is 0 Å². The summed E-state index contributed by atoms with van der Waals surface area (Å²) in [5.41, 5.74) is 1.24. The van der Waals surface area contributed by atoms with E-state index in [2.05, 4.69) is 27.6 Å². The van der Waals surface area contributed by atoms with E-state index in [1.165, 1.54) is 18.4 Å². The van der Waals surface area contributed by atoms with Crippen LogP contribution in [0.4, 0.5) is 0 Å². The molecular weight excluding hydrogens is 278 g/mol. The monoisotopic (exact) mass is 307 g/mol. The molecule has 0 aromatic carbocycles. The number of ether oxygens (including phenoxy) is 1. The van der Waals surface area contributed by atoms with Crippen LogP contribution in [0.3, 0.4) is 0 Å². The maximum atomic E-state index is 5.62. The van der Waals surface area contributed by atoms with E-state index < -0.39 is 0 Å². The highest BCUT2D eigenvalue weighted by atomic mass is 16.5. The number of hydrogen-bond donors (Lipinski definition) is 2. The van der Waals surface area contributed by atoms with Crippen LogP contribution in [0.5, 0.6) is 0 Å². The first kappa shape index (κ1) is 16.8. The third-order valence-corrected chi connectivity index (χ3v) is 3.58. The van der Waals surface area contributed by atoms with Gasteiger partial charge >= 0.3 is 0 Å². The molecule has 1 aliphatic rings. The van der Waals surface area contributed by atoms with Crippen molar-refractivity contribution in [2.75, 3.05) is 32.8 Å². The summed E-state index contributed by atoms with van der Waals surface area (Å²) in [6.45, 7) is 6.36. The highest BCUT2D eigenvalue weighted by Crippen LogP contribution is 2.28. The Hall–Kier alpha value is -1.56. The Morgan fingerprint density at radius 1 is 1.45 bits per heavy atom. The lowest BCUT2D eigenvalue weighted by molar-refractivity contribution is 0.123. The SMILES string of the molecule is CCNC(=NCCCOCC1CC1)NCCc1cnn(C)c1. The molecule has 6 nitrogen and oxygen atoms in total. The molecule has 0 amide bonds. The molecule has 6 heteroatoms. The standard InChI is InChI=1S/C16H29N5O/c1-3-17-16(18-8-4-10-22-13-14-5-6-14)19-9-7-15-11-20-21(2)12-15/h11-12,14H,3-10,13H2,1-2H3,(H2,17,18,19). The second-order valence-electron chi connectivity index (χ2n) is 5.83. The van der Waals surface area contributed by atoms with Gasteiger partial charge in [-0.25, -0.2) is 0 Å². The highest BCUT2D eigenvalue weighted by molar-refractivity contribution is 5.79. The van der Waals surface area contributed by atoms with E-state index in [-0.39, 0.29) is 0 Å². The normalized spacial score (nSPS) is 15.1. The van der Waals surface area contributed by atoms with Gasteiger partial charge < -0.3 is 15.4 Å². The van der Waals surface area contributed by atoms with Gasteiger partial charge in [-0.05, 0) is 44.1 Å². The van der Waals surface area contributed by atoms with Crippen LogP contribution < -0.4 is 10.6 Å². The second-order valence-corrected chi connectivity index (χ2v) is 5.83. The van der Waals surface area contributed by atoms with Crippen LogP contribution in [0.25, 0.3) is 0 Å². The summed E-state index contributed by atoms with van der Waals surface area (Å²) in [6, 6.07) is 0. The number of aliphatic imine (C=N–C) groups is 1. The number of aryl methyl sites for hydroxylation is 1. The molecule has 1 heterocycles. The Kier molecular flexibility index (Phi) is 7.22. The first-order chi connectivity index (χ1) is 10.8. The number of hydrogen-bond acceptors (Lipinski definition) is 3. The van der Waals surface area contributed by atoms with Crippen molar-refractivity contribution in [2.45, 2.75) is 32.6 Å². The zero-order valence-electron chi connectivity index (χ0n) is 13.8. The van der Waals surface area contributed by atoms with Gasteiger partial charge in [0, 0.05) is 46.1 Å². The van der Waals surface area contributed by atoms with E-state index in [4.69, 9.17) is 4.74 Å². The molecule has 0 bridgehead atoms. The van der Waals surface area contributed by atoms with Gasteiger partial charge in [0.2, 0.25) is 0 Å². The van der Waals surface area contributed by atoms with Gasteiger partial charge in [-0.1, -0.05) is 0 Å². The predicted octanol–water partition coefficient (Wildman–Crippen LogP) is 1.33. The maximum absolute atomic E-state index is 5.62. The molecule has 0 saturated heterocycles. The summed E-state index contributed by atoms with van der Waals surface area (Å²) in [5.74, 6) is 1.73. The van der Waals surface area contributed by atoms with Crippen LogP contribution in [0, 0.1) is 5.92 Å². The average molecular weight is 307 g/mol. The zero-order chi connectivity index (χ0) is 15.6. The van der Waals surface area contributed by atoms with Gasteiger partial charge in [0.25, 0.3) is 0 Å². The van der Waals surface area contributed by atoms with E-state index in [0.717, 1.165) is 57.6 Å². The van der Waals surface area contributed by atoms with Gasteiger partial charge in [0.15, 0.2) is 5.96 Å². The molecular formula is C16H29N5O. The van der Waals surface area contributed by atoms with Crippen LogP contribution in [-0.2, 0) is 18.2 Å². The summed E-state index contributed by atoms with van der Waals surface area (Å²) in [4.78, 5) is 4.58. The fourth-order valence-electron chi connectivity index (χ4n) is 2.16. The lowest BCUT2D eigenvalue weighted by Gasteiger charge is -2.10. The zero-order valence-corrected chi connectivity index (χ0v) is 13.8. The predicted molar refractivity (Wildman–Crippen MR) is 89.1 cm³/mol. The first-order valence-corrected chi connectivity index (χ1v) is 8.35. The highest BCUT2D eigenvalue weighted by Gasteiger charge is 2.20. The third kappa shape index (κ3) is 6.93. The summed E-state index contributed by atoms with van der Waals surface area (Å²) < 4.78 is 7.45. The van der Waals surface area contributed by atoms with Crippen molar-refractivity contribution in [3.63, 3.8) is 0 Å².